The molecule has 4 aromatic rings. The minimum absolute atomic E-state index is 0.0187. The smallest absolute Gasteiger partial charge is 0.148 e. The molecule has 2 aromatic heterocycles. The van der Waals surface area contributed by atoms with Crippen LogP contribution in [-0.2, 0) is 16.7 Å². The number of anilines is 2. The van der Waals surface area contributed by atoms with E-state index in [1.165, 1.54) is 0 Å². The van der Waals surface area contributed by atoms with Gasteiger partial charge in [0, 0.05) is 28.8 Å². The first-order valence-corrected chi connectivity index (χ1v) is 13.7. The van der Waals surface area contributed by atoms with Crippen LogP contribution in [0.15, 0.2) is 48.8 Å². The molecule has 2 aromatic carbocycles. The van der Waals surface area contributed by atoms with Crippen LogP contribution in [0.1, 0.15) is 37.6 Å². The van der Waals surface area contributed by atoms with Gasteiger partial charge in [-0.1, -0.05) is 67.4 Å². The summed E-state index contributed by atoms with van der Waals surface area (Å²) < 4.78 is 6.78. The molecule has 0 saturated carbocycles. The topological polar surface area (TPSA) is 121 Å². The standard InChI is InChI=1S/C28H30BCl2N7O2/c1-26(2,3)13-34-24-17(10-32)11-33-25-19(24)8-18(9-22(25)31)35-28(29,20-6-4-5-7-21(20)30)23-12-38(37-36-23)14-27(39)15-40-16-27/h4-9,11-12,35,39H,13-16,29H2,1-3H3,(H,33,34). The molecule has 3 heterocycles. The number of pyridine rings is 1. The van der Waals surface area contributed by atoms with Gasteiger partial charge in [0.15, 0.2) is 0 Å². The Morgan fingerprint density at radius 3 is 2.60 bits per heavy atom. The van der Waals surface area contributed by atoms with Crippen LogP contribution < -0.4 is 10.6 Å². The highest BCUT2D eigenvalue weighted by Crippen LogP contribution is 2.38. The minimum Gasteiger partial charge on any atom is -0.383 e. The van der Waals surface area contributed by atoms with Crippen LogP contribution in [0, 0.1) is 16.7 Å². The first-order valence-electron chi connectivity index (χ1n) is 12.9. The third-order valence-electron chi connectivity index (χ3n) is 6.90. The molecular formula is C28H30BCl2N7O2. The Labute approximate surface area is 243 Å². The molecule has 5 rings (SSSR count). The molecule has 1 unspecified atom stereocenters. The molecule has 40 heavy (non-hydrogen) atoms. The summed E-state index contributed by atoms with van der Waals surface area (Å²) in [5.41, 5.74) is 1.82. The van der Waals surface area contributed by atoms with Crippen LogP contribution in [0.5, 0.6) is 0 Å². The van der Waals surface area contributed by atoms with Gasteiger partial charge < -0.3 is 20.5 Å². The zero-order valence-corrected chi connectivity index (χ0v) is 24.3. The van der Waals surface area contributed by atoms with Crippen LogP contribution >= 0.6 is 23.2 Å². The van der Waals surface area contributed by atoms with Gasteiger partial charge in [-0.2, -0.15) is 5.26 Å². The fraction of sp³-hybridized carbons (Fsp3) is 0.357. The molecule has 9 nitrogen and oxygen atoms in total. The quantitative estimate of drug-likeness (QED) is 0.267. The predicted octanol–water partition coefficient (Wildman–Crippen LogP) is 4.17. The van der Waals surface area contributed by atoms with Crippen molar-refractivity contribution in [1.82, 2.24) is 20.0 Å². The zero-order chi connectivity index (χ0) is 28.7. The summed E-state index contributed by atoms with van der Waals surface area (Å²) in [5.74, 6) is 0. The molecule has 1 atom stereocenters. The second-order valence-corrected chi connectivity index (χ2v) is 12.5. The van der Waals surface area contributed by atoms with E-state index in [1.54, 1.807) is 23.1 Å². The zero-order valence-electron chi connectivity index (χ0n) is 22.8. The molecule has 0 aliphatic carbocycles. The number of rotatable bonds is 8. The normalized spacial score (nSPS) is 16.1. The Balaban J connectivity index is 1.60. The van der Waals surface area contributed by atoms with Crippen molar-refractivity contribution in [2.24, 2.45) is 5.41 Å². The predicted molar refractivity (Wildman–Crippen MR) is 160 cm³/mol. The van der Waals surface area contributed by atoms with Crippen molar-refractivity contribution in [3.8, 4) is 6.07 Å². The average Bonchev–Trinajstić information content (AvgIpc) is 3.35. The van der Waals surface area contributed by atoms with Gasteiger partial charge in [-0.05, 0) is 29.2 Å². The highest BCUT2D eigenvalue weighted by molar-refractivity contribution is 6.36. The molecule has 12 heteroatoms. The van der Waals surface area contributed by atoms with E-state index in [1.807, 2.05) is 38.2 Å². The van der Waals surface area contributed by atoms with Crippen molar-refractivity contribution in [2.75, 3.05) is 30.4 Å². The third-order valence-corrected chi connectivity index (χ3v) is 7.51. The summed E-state index contributed by atoms with van der Waals surface area (Å²) in [7, 11) is 1.96. The maximum atomic E-state index is 10.6. The van der Waals surface area contributed by atoms with Crippen molar-refractivity contribution in [3.63, 3.8) is 0 Å². The number of hydrogen-bond donors (Lipinski definition) is 3. The highest BCUT2D eigenvalue weighted by atomic mass is 35.5. The van der Waals surface area contributed by atoms with Crippen molar-refractivity contribution in [3.05, 3.63) is 75.7 Å². The minimum atomic E-state index is -0.965. The first kappa shape index (κ1) is 28.2. The second kappa shape index (κ2) is 10.6. The summed E-state index contributed by atoms with van der Waals surface area (Å²) in [6.45, 7) is 7.76. The Morgan fingerprint density at radius 1 is 1.20 bits per heavy atom. The van der Waals surface area contributed by atoms with Crippen LogP contribution in [0.25, 0.3) is 10.9 Å². The molecule has 0 bridgehead atoms. The van der Waals surface area contributed by atoms with E-state index in [0.29, 0.717) is 44.7 Å². The lowest BCUT2D eigenvalue weighted by atomic mass is 9.69. The third kappa shape index (κ3) is 5.61. The van der Waals surface area contributed by atoms with Crippen LogP contribution in [-0.4, -0.2) is 58.3 Å². The number of nitrogens with zero attached hydrogens (tertiary/aromatic N) is 5. The van der Waals surface area contributed by atoms with Gasteiger partial charge in [-0.3, -0.25) is 4.98 Å². The van der Waals surface area contributed by atoms with Crippen molar-refractivity contribution < 1.29 is 9.84 Å². The monoisotopic (exact) mass is 577 g/mol. The molecule has 1 aliphatic heterocycles. The summed E-state index contributed by atoms with van der Waals surface area (Å²) in [6, 6.07) is 13.5. The van der Waals surface area contributed by atoms with Crippen LogP contribution in [0.2, 0.25) is 10.0 Å². The number of fused-ring (bicyclic) bond motifs is 1. The number of ether oxygens (including phenoxy) is 1. The van der Waals surface area contributed by atoms with Gasteiger partial charge in [0.25, 0.3) is 0 Å². The Hall–Kier alpha value is -3.36. The summed E-state index contributed by atoms with van der Waals surface area (Å²) in [5, 5.41) is 37.9. The van der Waals surface area contributed by atoms with E-state index in [0.717, 1.165) is 10.9 Å². The fourth-order valence-electron chi connectivity index (χ4n) is 4.72. The van der Waals surface area contributed by atoms with Crippen LogP contribution in [0.4, 0.5) is 11.4 Å². The highest BCUT2D eigenvalue weighted by Gasteiger charge is 2.38. The van der Waals surface area contributed by atoms with E-state index >= 15 is 0 Å². The lowest BCUT2D eigenvalue weighted by molar-refractivity contribution is -0.186. The maximum Gasteiger partial charge on any atom is 0.148 e. The molecule has 0 amide bonds. The van der Waals surface area contributed by atoms with Gasteiger partial charge in [0.2, 0.25) is 0 Å². The van der Waals surface area contributed by atoms with E-state index < -0.39 is 11.0 Å². The molecule has 1 saturated heterocycles. The SMILES string of the molecule is BC(Nc1cc(Cl)c2ncc(C#N)c(NCC(C)(C)C)c2c1)(c1cn(CC2(O)COC2)nn1)c1ccccc1Cl. The lowest BCUT2D eigenvalue weighted by Gasteiger charge is -2.35. The van der Waals surface area contributed by atoms with Crippen molar-refractivity contribution >= 4 is 53.3 Å². The van der Waals surface area contributed by atoms with Gasteiger partial charge in [-0.15, -0.1) is 5.10 Å². The Bertz CT molecular complexity index is 1610. The van der Waals surface area contributed by atoms with E-state index in [2.05, 4.69) is 52.8 Å². The number of hydrogen-bond acceptors (Lipinski definition) is 8. The number of benzene rings is 2. The van der Waals surface area contributed by atoms with Crippen LogP contribution in [0.3, 0.4) is 0 Å². The van der Waals surface area contributed by atoms with Crippen molar-refractivity contribution in [1.29, 1.82) is 5.26 Å². The molecule has 0 spiro atoms. The number of nitriles is 1. The number of aliphatic hydroxyl groups is 1. The maximum absolute atomic E-state index is 10.6. The van der Waals surface area contributed by atoms with E-state index in [4.69, 9.17) is 27.9 Å². The fourth-order valence-corrected chi connectivity index (χ4v) is 5.31. The number of halogens is 2. The molecule has 206 valence electrons. The molecule has 1 fully saturated rings. The van der Waals surface area contributed by atoms with Gasteiger partial charge in [0.1, 0.15) is 25.2 Å². The number of nitrogens with one attached hydrogen (secondary N) is 2. The first-order chi connectivity index (χ1) is 18.9. The largest absolute Gasteiger partial charge is 0.383 e. The number of aromatic nitrogens is 4. The van der Waals surface area contributed by atoms with Gasteiger partial charge >= 0.3 is 0 Å². The Kier molecular flexibility index (Phi) is 7.44. The molecule has 0 radical (unpaired) electrons. The summed E-state index contributed by atoms with van der Waals surface area (Å²) in [4.78, 5) is 4.47. The van der Waals surface area contributed by atoms with Gasteiger partial charge in [-0.25, -0.2) is 4.68 Å². The van der Waals surface area contributed by atoms with Crippen molar-refractivity contribution in [2.45, 2.75) is 38.4 Å². The summed E-state index contributed by atoms with van der Waals surface area (Å²) in [6.07, 6.45) is 3.33. The molecule has 3 N–H and O–H groups in total. The lowest BCUT2D eigenvalue weighted by Crippen LogP contribution is -2.52. The second-order valence-electron chi connectivity index (χ2n) is 11.7. The molecule has 1 aliphatic rings. The van der Waals surface area contributed by atoms with E-state index in [9.17, 15) is 10.4 Å². The average molecular weight is 578 g/mol. The Morgan fingerprint density at radius 2 is 1.95 bits per heavy atom. The summed E-state index contributed by atoms with van der Waals surface area (Å²) >= 11 is 13.5. The van der Waals surface area contributed by atoms with E-state index in [-0.39, 0.29) is 25.2 Å². The van der Waals surface area contributed by atoms with Gasteiger partial charge in [0.05, 0.1) is 53.2 Å². The molecular weight excluding hydrogens is 548 g/mol.